The van der Waals surface area contributed by atoms with Gasteiger partial charge in [-0.3, -0.25) is 14.3 Å². The summed E-state index contributed by atoms with van der Waals surface area (Å²) in [6, 6.07) is 14.1. The molecule has 0 saturated carbocycles. The Morgan fingerprint density at radius 2 is 1.89 bits per heavy atom. The van der Waals surface area contributed by atoms with Crippen molar-refractivity contribution in [2.45, 2.75) is 26.3 Å². The summed E-state index contributed by atoms with van der Waals surface area (Å²) in [5.41, 5.74) is 2.23. The molecule has 2 heterocycles. The molecule has 1 unspecified atom stereocenters. The van der Waals surface area contributed by atoms with Crippen LogP contribution in [0.4, 0.5) is 10.1 Å². The van der Waals surface area contributed by atoms with Crippen LogP contribution in [0.15, 0.2) is 59.4 Å². The molecule has 2 aromatic carbocycles. The van der Waals surface area contributed by atoms with Gasteiger partial charge in [-0.2, -0.15) is 4.98 Å². The molecule has 1 atom stereocenters. The second-order valence-corrected chi connectivity index (χ2v) is 6.65. The maximum absolute atomic E-state index is 13.1. The van der Waals surface area contributed by atoms with Gasteiger partial charge in [-0.25, -0.2) is 8.91 Å². The maximum atomic E-state index is 13.1. The number of para-hydroxylation sites is 1. The van der Waals surface area contributed by atoms with Crippen LogP contribution in [0.2, 0.25) is 0 Å². The smallest absolute Gasteiger partial charge is 0.273 e. The number of anilines is 1. The van der Waals surface area contributed by atoms with E-state index in [0.717, 1.165) is 10.9 Å². The first-order chi connectivity index (χ1) is 13.5. The van der Waals surface area contributed by atoms with Crippen LogP contribution in [0, 0.1) is 12.7 Å². The standard InChI is InChI=1S/C21H19FN4O2/c1-3-17(21(28)23-15-10-8-14(22)9-11-15)26-18-7-5-4-6-16(18)20-24-19(27)12-13(2)25(20)26/h4-12,17H,3H2,1-2H3,(H,23,28). The number of fused-ring (bicyclic) bond motifs is 3. The lowest BCUT2D eigenvalue weighted by Gasteiger charge is -2.20. The minimum Gasteiger partial charge on any atom is -0.324 e. The number of carbonyl (C=O) groups excluding carboxylic acids is 1. The van der Waals surface area contributed by atoms with Crippen molar-refractivity contribution in [3.63, 3.8) is 0 Å². The van der Waals surface area contributed by atoms with Crippen molar-refractivity contribution >= 4 is 28.1 Å². The molecule has 0 bridgehead atoms. The quantitative estimate of drug-likeness (QED) is 0.589. The van der Waals surface area contributed by atoms with E-state index in [1.807, 2.05) is 47.3 Å². The third-order valence-electron chi connectivity index (χ3n) is 4.79. The number of carbonyl (C=O) groups is 1. The summed E-state index contributed by atoms with van der Waals surface area (Å²) in [6.45, 7) is 3.73. The van der Waals surface area contributed by atoms with Gasteiger partial charge in [0.2, 0.25) is 5.91 Å². The summed E-state index contributed by atoms with van der Waals surface area (Å²) in [6.07, 6.45) is 0.520. The average molecular weight is 378 g/mol. The van der Waals surface area contributed by atoms with E-state index in [9.17, 15) is 14.0 Å². The van der Waals surface area contributed by atoms with Gasteiger partial charge in [-0.1, -0.05) is 19.1 Å². The summed E-state index contributed by atoms with van der Waals surface area (Å²) in [4.78, 5) is 29.2. The fourth-order valence-corrected chi connectivity index (χ4v) is 3.54. The van der Waals surface area contributed by atoms with Crippen LogP contribution in [0.1, 0.15) is 25.1 Å². The van der Waals surface area contributed by atoms with E-state index in [2.05, 4.69) is 10.3 Å². The van der Waals surface area contributed by atoms with Gasteiger partial charge in [0.15, 0.2) is 5.65 Å². The number of halogens is 1. The summed E-state index contributed by atoms with van der Waals surface area (Å²) in [7, 11) is 0. The lowest BCUT2D eigenvalue weighted by molar-refractivity contribution is -0.119. The van der Waals surface area contributed by atoms with E-state index in [-0.39, 0.29) is 17.3 Å². The van der Waals surface area contributed by atoms with Gasteiger partial charge >= 0.3 is 0 Å². The topological polar surface area (TPSA) is 68.4 Å². The largest absolute Gasteiger partial charge is 0.324 e. The van der Waals surface area contributed by atoms with Crippen LogP contribution in [0.5, 0.6) is 0 Å². The zero-order valence-corrected chi connectivity index (χ0v) is 15.5. The Balaban J connectivity index is 1.88. The molecule has 0 radical (unpaired) electrons. The van der Waals surface area contributed by atoms with Crippen molar-refractivity contribution in [3.05, 3.63) is 76.5 Å². The van der Waals surface area contributed by atoms with E-state index in [1.165, 1.54) is 30.3 Å². The molecular formula is C21H19FN4O2. The van der Waals surface area contributed by atoms with Crippen LogP contribution in [-0.4, -0.2) is 20.1 Å². The molecule has 0 aliphatic heterocycles. The van der Waals surface area contributed by atoms with Crippen LogP contribution >= 0.6 is 0 Å². The lowest BCUT2D eigenvalue weighted by Crippen LogP contribution is -2.29. The minimum absolute atomic E-state index is 0.227. The van der Waals surface area contributed by atoms with Crippen molar-refractivity contribution in [2.75, 3.05) is 5.32 Å². The van der Waals surface area contributed by atoms with Gasteiger partial charge < -0.3 is 5.32 Å². The van der Waals surface area contributed by atoms with Crippen LogP contribution in [0.3, 0.4) is 0 Å². The molecule has 0 aliphatic rings. The molecule has 4 rings (SSSR count). The van der Waals surface area contributed by atoms with Crippen molar-refractivity contribution in [1.82, 2.24) is 14.2 Å². The molecule has 28 heavy (non-hydrogen) atoms. The summed E-state index contributed by atoms with van der Waals surface area (Å²) in [5.74, 6) is -0.590. The number of nitrogens with one attached hydrogen (secondary N) is 1. The minimum atomic E-state index is -0.546. The number of hydrogen-bond acceptors (Lipinski definition) is 3. The molecular weight excluding hydrogens is 359 g/mol. The van der Waals surface area contributed by atoms with E-state index < -0.39 is 6.04 Å². The Morgan fingerprint density at radius 1 is 1.18 bits per heavy atom. The van der Waals surface area contributed by atoms with Crippen LogP contribution < -0.4 is 10.9 Å². The van der Waals surface area contributed by atoms with Crippen molar-refractivity contribution in [3.8, 4) is 0 Å². The van der Waals surface area contributed by atoms with E-state index in [1.54, 1.807) is 0 Å². The van der Waals surface area contributed by atoms with E-state index in [4.69, 9.17) is 0 Å². The van der Waals surface area contributed by atoms with E-state index in [0.29, 0.717) is 23.4 Å². The van der Waals surface area contributed by atoms with E-state index >= 15 is 0 Å². The first kappa shape index (κ1) is 17.9. The van der Waals surface area contributed by atoms with Gasteiger partial charge in [-0.15, -0.1) is 0 Å². The molecule has 4 aromatic rings. The van der Waals surface area contributed by atoms with Gasteiger partial charge in [0.05, 0.1) is 5.52 Å². The lowest BCUT2D eigenvalue weighted by atomic mass is 10.2. The maximum Gasteiger partial charge on any atom is 0.273 e. The highest BCUT2D eigenvalue weighted by Gasteiger charge is 2.24. The van der Waals surface area contributed by atoms with Gasteiger partial charge in [0.25, 0.3) is 5.56 Å². The third kappa shape index (κ3) is 2.94. The predicted molar refractivity (Wildman–Crippen MR) is 106 cm³/mol. The zero-order chi connectivity index (χ0) is 19.8. The first-order valence-corrected chi connectivity index (χ1v) is 9.05. The Morgan fingerprint density at radius 3 is 2.61 bits per heavy atom. The molecule has 1 N–H and O–H groups in total. The molecule has 6 nitrogen and oxygen atoms in total. The highest BCUT2D eigenvalue weighted by atomic mass is 19.1. The third-order valence-corrected chi connectivity index (χ3v) is 4.79. The molecule has 7 heteroatoms. The Hall–Kier alpha value is -3.48. The fourth-order valence-electron chi connectivity index (χ4n) is 3.54. The van der Waals surface area contributed by atoms with Crippen LogP contribution in [0.25, 0.3) is 16.6 Å². The second kappa shape index (κ2) is 6.92. The molecule has 1 amide bonds. The van der Waals surface area contributed by atoms with Gasteiger partial charge in [-0.05, 0) is 49.7 Å². The highest BCUT2D eigenvalue weighted by Crippen LogP contribution is 2.27. The van der Waals surface area contributed by atoms with Crippen LogP contribution in [-0.2, 0) is 4.79 Å². The highest BCUT2D eigenvalue weighted by molar-refractivity contribution is 5.97. The molecule has 0 aliphatic carbocycles. The Labute approximate surface area is 160 Å². The number of amides is 1. The summed E-state index contributed by atoms with van der Waals surface area (Å²) >= 11 is 0. The van der Waals surface area contributed by atoms with Crippen molar-refractivity contribution in [1.29, 1.82) is 0 Å². The zero-order valence-electron chi connectivity index (χ0n) is 15.5. The monoisotopic (exact) mass is 378 g/mol. The Bertz CT molecular complexity index is 1240. The first-order valence-electron chi connectivity index (χ1n) is 9.05. The van der Waals surface area contributed by atoms with Crippen molar-refractivity contribution < 1.29 is 9.18 Å². The molecule has 0 spiro atoms. The summed E-state index contributed by atoms with van der Waals surface area (Å²) in [5, 5.41) is 3.65. The number of benzene rings is 2. The summed E-state index contributed by atoms with van der Waals surface area (Å²) < 4.78 is 16.8. The second-order valence-electron chi connectivity index (χ2n) is 6.65. The number of aryl methyl sites for hydroxylation is 1. The average Bonchev–Trinajstić information content (AvgIpc) is 2.99. The fraction of sp³-hybridized carbons (Fsp3) is 0.190. The molecule has 2 aromatic heterocycles. The van der Waals surface area contributed by atoms with Gasteiger partial charge in [0, 0.05) is 22.8 Å². The van der Waals surface area contributed by atoms with Crippen molar-refractivity contribution in [2.24, 2.45) is 0 Å². The molecule has 142 valence electrons. The number of hydrogen-bond donors (Lipinski definition) is 1. The number of rotatable bonds is 4. The predicted octanol–water partition coefficient (Wildman–Crippen LogP) is 3.69. The van der Waals surface area contributed by atoms with Gasteiger partial charge in [0.1, 0.15) is 11.9 Å². The Kier molecular flexibility index (Phi) is 4.43. The normalized spacial score (nSPS) is 12.4. The molecule has 0 saturated heterocycles. The number of aromatic nitrogens is 3. The number of nitrogens with zero attached hydrogens (tertiary/aromatic N) is 3. The SMILES string of the molecule is CCC(C(=O)Nc1ccc(F)cc1)n1c2ccccc2c2nc(=O)cc(C)n21. The molecule has 0 fully saturated rings.